The van der Waals surface area contributed by atoms with Crippen LogP contribution in [0.2, 0.25) is 0 Å². The zero-order chi connectivity index (χ0) is 14.0. The summed E-state index contributed by atoms with van der Waals surface area (Å²) in [6.45, 7) is 4.52. The van der Waals surface area contributed by atoms with Crippen LogP contribution in [-0.4, -0.2) is 16.8 Å². The number of halogens is 2. The third-order valence-corrected chi connectivity index (χ3v) is 3.09. The van der Waals surface area contributed by atoms with E-state index in [4.69, 9.17) is 0 Å². The molecule has 0 aliphatic carbocycles. The van der Waals surface area contributed by atoms with Crippen LogP contribution in [0.1, 0.15) is 29.9 Å². The number of rotatable bonds is 4. The second-order valence-corrected chi connectivity index (χ2v) is 4.41. The first-order valence-corrected chi connectivity index (χ1v) is 6.23. The Morgan fingerprint density at radius 1 is 1.32 bits per heavy atom. The molecule has 2 rings (SSSR count). The van der Waals surface area contributed by atoms with Gasteiger partial charge in [0.15, 0.2) is 0 Å². The fourth-order valence-corrected chi connectivity index (χ4v) is 2.25. The van der Waals surface area contributed by atoms with E-state index >= 15 is 0 Å². The minimum absolute atomic E-state index is 0.289. The van der Waals surface area contributed by atoms with E-state index in [0.717, 1.165) is 23.5 Å². The molecule has 1 N–H and O–H groups in total. The van der Waals surface area contributed by atoms with Crippen LogP contribution in [0, 0.1) is 18.6 Å². The molecule has 1 aromatic heterocycles. The first-order chi connectivity index (χ1) is 9.06. The highest BCUT2D eigenvalue weighted by atomic mass is 19.1. The predicted molar refractivity (Wildman–Crippen MR) is 69.9 cm³/mol. The molecule has 102 valence electrons. The molecule has 0 amide bonds. The highest BCUT2D eigenvalue weighted by Crippen LogP contribution is 2.25. The lowest BCUT2D eigenvalue weighted by atomic mass is 10.0. The summed E-state index contributed by atoms with van der Waals surface area (Å²) in [7, 11) is 1.72. The molecule has 0 spiro atoms. The lowest BCUT2D eigenvalue weighted by Crippen LogP contribution is -2.22. The quantitative estimate of drug-likeness (QED) is 0.921. The lowest BCUT2D eigenvalue weighted by molar-refractivity contribution is 0.524. The monoisotopic (exact) mass is 265 g/mol. The zero-order valence-electron chi connectivity index (χ0n) is 11.2. The van der Waals surface area contributed by atoms with Crippen LogP contribution in [0.25, 0.3) is 0 Å². The first-order valence-electron chi connectivity index (χ1n) is 6.23. The van der Waals surface area contributed by atoms with Gasteiger partial charge >= 0.3 is 0 Å². The predicted octanol–water partition coefficient (Wildman–Crippen LogP) is 2.80. The molecule has 1 atom stereocenters. The van der Waals surface area contributed by atoms with Gasteiger partial charge in [-0.1, -0.05) is 0 Å². The van der Waals surface area contributed by atoms with Gasteiger partial charge in [-0.25, -0.2) is 8.78 Å². The number of nitrogens with zero attached hydrogens (tertiary/aromatic N) is 2. The molecule has 1 aromatic carbocycles. The molecule has 0 fully saturated rings. The van der Waals surface area contributed by atoms with Crippen LogP contribution in [0.15, 0.2) is 24.3 Å². The number of aryl methyl sites for hydroxylation is 2. The Labute approximate surface area is 111 Å². The molecule has 0 saturated heterocycles. The maximum Gasteiger partial charge on any atom is 0.128 e. The van der Waals surface area contributed by atoms with Crippen LogP contribution in [0.4, 0.5) is 8.78 Å². The summed E-state index contributed by atoms with van der Waals surface area (Å²) in [4.78, 5) is 0. The van der Waals surface area contributed by atoms with Crippen molar-refractivity contribution in [2.45, 2.75) is 26.4 Å². The SMILES string of the molecule is CCn1nc(C)cc1C(NC)c1cc(F)ccc1F. The molecule has 0 bridgehead atoms. The molecule has 1 unspecified atom stereocenters. The summed E-state index contributed by atoms with van der Waals surface area (Å²) >= 11 is 0. The van der Waals surface area contributed by atoms with Crippen LogP contribution in [0.3, 0.4) is 0 Å². The summed E-state index contributed by atoms with van der Waals surface area (Å²) in [5, 5.41) is 7.36. The molecular weight excluding hydrogens is 248 g/mol. The van der Waals surface area contributed by atoms with Gasteiger partial charge in [-0.3, -0.25) is 4.68 Å². The Bertz CT molecular complexity index is 578. The average molecular weight is 265 g/mol. The van der Waals surface area contributed by atoms with Gasteiger partial charge in [-0.05, 0) is 45.2 Å². The van der Waals surface area contributed by atoms with E-state index < -0.39 is 17.7 Å². The van der Waals surface area contributed by atoms with Crippen molar-refractivity contribution in [2.24, 2.45) is 0 Å². The minimum Gasteiger partial charge on any atom is -0.308 e. The lowest BCUT2D eigenvalue weighted by Gasteiger charge is -2.18. The van der Waals surface area contributed by atoms with E-state index in [2.05, 4.69) is 10.4 Å². The van der Waals surface area contributed by atoms with Crippen LogP contribution in [0.5, 0.6) is 0 Å². The minimum atomic E-state index is -0.448. The van der Waals surface area contributed by atoms with E-state index in [0.29, 0.717) is 6.54 Å². The summed E-state index contributed by atoms with van der Waals surface area (Å²) in [6, 6.07) is 4.95. The third-order valence-electron chi connectivity index (χ3n) is 3.09. The van der Waals surface area contributed by atoms with Gasteiger partial charge < -0.3 is 5.32 Å². The summed E-state index contributed by atoms with van der Waals surface area (Å²) in [5.41, 5.74) is 1.97. The average Bonchev–Trinajstić information content (AvgIpc) is 2.76. The van der Waals surface area contributed by atoms with Crippen molar-refractivity contribution in [3.05, 3.63) is 52.9 Å². The number of nitrogens with one attached hydrogen (secondary N) is 1. The second-order valence-electron chi connectivity index (χ2n) is 4.41. The van der Waals surface area contributed by atoms with Crippen LogP contribution >= 0.6 is 0 Å². The summed E-state index contributed by atoms with van der Waals surface area (Å²) in [5.74, 6) is -0.877. The highest BCUT2D eigenvalue weighted by Gasteiger charge is 2.21. The zero-order valence-corrected chi connectivity index (χ0v) is 11.2. The van der Waals surface area contributed by atoms with E-state index in [1.54, 1.807) is 11.7 Å². The standard InChI is InChI=1S/C14H17F2N3/c1-4-19-13(7-9(2)18-19)14(17-3)11-8-10(15)5-6-12(11)16/h5-8,14,17H,4H2,1-3H3. The maximum absolute atomic E-state index is 13.9. The van der Waals surface area contributed by atoms with Crippen molar-refractivity contribution in [1.82, 2.24) is 15.1 Å². The van der Waals surface area contributed by atoms with Crippen LogP contribution in [-0.2, 0) is 6.54 Å². The number of hydrogen-bond acceptors (Lipinski definition) is 2. The van der Waals surface area contributed by atoms with E-state index in [9.17, 15) is 8.78 Å². The van der Waals surface area contributed by atoms with E-state index in [1.165, 1.54) is 6.07 Å². The maximum atomic E-state index is 13.9. The fourth-order valence-electron chi connectivity index (χ4n) is 2.25. The number of aromatic nitrogens is 2. The molecule has 0 saturated carbocycles. The second kappa shape index (κ2) is 5.48. The van der Waals surface area contributed by atoms with Crippen molar-refractivity contribution < 1.29 is 8.78 Å². The third kappa shape index (κ3) is 2.66. The Balaban J connectivity index is 2.52. The van der Waals surface area contributed by atoms with Crippen molar-refractivity contribution in [3.63, 3.8) is 0 Å². The highest BCUT2D eigenvalue weighted by molar-refractivity contribution is 5.30. The van der Waals surface area contributed by atoms with Gasteiger partial charge in [0.25, 0.3) is 0 Å². The molecule has 0 radical (unpaired) electrons. The fraction of sp³-hybridized carbons (Fsp3) is 0.357. The number of hydrogen-bond donors (Lipinski definition) is 1. The molecule has 0 aliphatic rings. The van der Waals surface area contributed by atoms with Crippen molar-refractivity contribution in [3.8, 4) is 0 Å². The van der Waals surface area contributed by atoms with Gasteiger partial charge in [-0.15, -0.1) is 0 Å². The Morgan fingerprint density at radius 3 is 2.68 bits per heavy atom. The molecule has 2 aromatic rings. The van der Waals surface area contributed by atoms with E-state index in [-0.39, 0.29) is 5.56 Å². The molecule has 5 heteroatoms. The van der Waals surface area contributed by atoms with Crippen molar-refractivity contribution in [1.29, 1.82) is 0 Å². The van der Waals surface area contributed by atoms with E-state index in [1.807, 2.05) is 19.9 Å². The van der Waals surface area contributed by atoms with Gasteiger partial charge in [0.2, 0.25) is 0 Å². The Kier molecular flexibility index (Phi) is 3.95. The number of benzene rings is 1. The van der Waals surface area contributed by atoms with Gasteiger partial charge in [0.05, 0.1) is 17.4 Å². The van der Waals surface area contributed by atoms with Gasteiger partial charge in [-0.2, -0.15) is 5.10 Å². The smallest absolute Gasteiger partial charge is 0.128 e. The van der Waals surface area contributed by atoms with Crippen molar-refractivity contribution >= 4 is 0 Å². The molecule has 0 aliphatic heterocycles. The summed E-state index contributed by atoms with van der Waals surface area (Å²) < 4.78 is 29.0. The first kappa shape index (κ1) is 13.7. The topological polar surface area (TPSA) is 29.9 Å². The van der Waals surface area contributed by atoms with Gasteiger partial charge in [0, 0.05) is 12.1 Å². The molecule has 1 heterocycles. The molecule has 19 heavy (non-hydrogen) atoms. The Morgan fingerprint density at radius 2 is 2.05 bits per heavy atom. The summed E-state index contributed by atoms with van der Waals surface area (Å²) in [6.07, 6.45) is 0. The van der Waals surface area contributed by atoms with Gasteiger partial charge in [0.1, 0.15) is 11.6 Å². The molecular formula is C14H17F2N3. The molecule has 3 nitrogen and oxygen atoms in total. The van der Waals surface area contributed by atoms with Crippen molar-refractivity contribution in [2.75, 3.05) is 7.05 Å². The Hall–Kier alpha value is -1.75. The largest absolute Gasteiger partial charge is 0.308 e. The normalized spacial score (nSPS) is 12.7. The van der Waals surface area contributed by atoms with Crippen LogP contribution < -0.4 is 5.32 Å².